The Morgan fingerprint density at radius 1 is 1.22 bits per heavy atom. The molecule has 1 aromatic carbocycles. The summed E-state index contributed by atoms with van der Waals surface area (Å²) in [7, 11) is 1.64. The van der Waals surface area contributed by atoms with Crippen molar-refractivity contribution in [2.75, 3.05) is 12.4 Å². The maximum atomic E-state index is 12.2. The summed E-state index contributed by atoms with van der Waals surface area (Å²) in [6.45, 7) is 0. The van der Waals surface area contributed by atoms with Gasteiger partial charge in [-0.05, 0) is 55.4 Å². The third-order valence-electron chi connectivity index (χ3n) is 4.43. The van der Waals surface area contributed by atoms with E-state index < -0.39 is 0 Å². The van der Waals surface area contributed by atoms with E-state index in [9.17, 15) is 4.79 Å². The molecule has 0 aromatic heterocycles. The van der Waals surface area contributed by atoms with Gasteiger partial charge in [0.25, 0.3) is 0 Å². The number of nitrogens with one attached hydrogen (secondary N) is 1. The smallest absolute Gasteiger partial charge is 0.227 e. The molecule has 96 valence electrons. The molecule has 2 aliphatic rings. The number of anilines is 1. The maximum absolute atomic E-state index is 12.2. The average Bonchev–Trinajstić information content (AvgIpc) is 3.02. The number of rotatable bonds is 3. The van der Waals surface area contributed by atoms with Gasteiger partial charge >= 0.3 is 0 Å². The third kappa shape index (κ3) is 2.09. The first-order valence-corrected chi connectivity index (χ1v) is 6.71. The van der Waals surface area contributed by atoms with E-state index in [1.54, 1.807) is 7.11 Å². The van der Waals surface area contributed by atoms with Crippen LogP contribution in [0, 0.1) is 17.8 Å². The van der Waals surface area contributed by atoms with Gasteiger partial charge in [0.15, 0.2) is 0 Å². The molecular weight excluding hydrogens is 226 g/mol. The van der Waals surface area contributed by atoms with Crippen molar-refractivity contribution in [3.05, 3.63) is 24.3 Å². The van der Waals surface area contributed by atoms with Crippen LogP contribution in [0.5, 0.6) is 5.75 Å². The predicted octanol–water partition coefficient (Wildman–Crippen LogP) is 3.07. The van der Waals surface area contributed by atoms with Crippen LogP contribution in [-0.4, -0.2) is 13.0 Å². The van der Waals surface area contributed by atoms with Crippen LogP contribution in [0.1, 0.15) is 25.7 Å². The maximum Gasteiger partial charge on any atom is 0.227 e. The molecule has 3 heteroatoms. The highest BCUT2D eigenvalue weighted by Gasteiger charge is 2.42. The van der Waals surface area contributed by atoms with Gasteiger partial charge in [0.1, 0.15) is 5.75 Å². The summed E-state index contributed by atoms with van der Waals surface area (Å²) >= 11 is 0. The van der Waals surface area contributed by atoms with Crippen molar-refractivity contribution in [1.29, 1.82) is 0 Å². The van der Waals surface area contributed by atoms with E-state index in [1.807, 2.05) is 24.3 Å². The highest BCUT2D eigenvalue weighted by molar-refractivity contribution is 5.93. The van der Waals surface area contributed by atoms with E-state index in [0.29, 0.717) is 5.92 Å². The van der Waals surface area contributed by atoms with Crippen LogP contribution < -0.4 is 10.1 Å². The Kier molecular flexibility index (Phi) is 2.98. The summed E-state index contributed by atoms with van der Waals surface area (Å²) < 4.78 is 5.10. The molecule has 2 fully saturated rings. The Balaban J connectivity index is 1.63. The van der Waals surface area contributed by atoms with Gasteiger partial charge in [0, 0.05) is 11.6 Å². The Hall–Kier alpha value is -1.51. The zero-order valence-electron chi connectivity index (χ0n) is 10.7. The van der Waals surface area contributed by atoms with E-state index in [2.05, 4.69) is 5.32 Å². The molecule has 3 nitrogen and oxygen atoms in total. The number of hydrogen-bond donors (Lipinski definition) is 1. The monoisotopic (exact) mass is 245 g/mol. The van der Waals surface area contributed by atoms with Crippen molar-refractivity contribution < 1.29 is 9.53 Å². The lowest BCUT2D eigenvalue weighted by atomic mass is 9.88. The zero-order valence-corrected chi connectivity index (χ0v) is 10.7. The molecule has 0 unspecified atom stereocenters. The molecular formula is C15H19NO2. The lowest BCUT2D eigenvalue weighted by molar-refractivity contribution is -0.121. The number of ether oxygens (including phenoxy) is 1. The van der Waals surface area contributed by atoms with Gasteiger partial charge in [-0.3, -0.25) is 4.79 Å². The van der Waals surface area contributed by atoms with Crippen LogP contribution in [0.3, 0.4) is 0 Å². The molecule has 0 spiro atoms. The minimum atomic E-state index is 0.201. The van der Waals surface area contributed by atoms with E-state index in [0.717, 1.165) is 23.8 Å². The van der Waals surface area contributed by atoms with Crippen molar-refractivity contribution in [2.24, 2.45) is 17.8 Å². The van der Waals surface area contributed by atoms with Crippen LogP contribution >= 0.6 is 0 Å². The fourth-order valence-corrected chi connectivity index (χ4v) is 3.48. The molecule has 18 heavy (non-hydrogen) atoms. The Morgan fingerprint density at radius 2 is 2.00 bits per heavy atom. The topological polar surface area (TPSA) is 38.3 Å². The first-order valence-electron chi connectivity index (χ1n) is 6.71. The van der Waals surface area contributed by atoms with E-state index in [4.69, 9.17) is 4.74 Å². The molecule has 0 radical (unpaired) electrons. The van der Waals surface area contributed by atoms with Gasteiger partial charge in [-0.2, -0.15) is 0 Å². The molecule has 0 saturated heterocycles. The minimum Gasteiger partial charge on any atom is -0.497 e. The second-order valence-electron chi connectivity index (χ2n) is 5.50. The SMILES string of the molecule is COc1ccc(NC(=O)[C@@H]2C[C@@H]3CC[C@@H]2C3)cc1. The highest BCUT2D eigenvalue weighted by atomic mass is 16.5. The fraction of sp³-hybridized carbons (Fsp3) is 0.533. The van der Waals surface area contributed by atoms with Gasteiger partial charge in [-0.25, -0.2) is 0 Å². The average molecular weight is 245 g/mol. The lowest BCUT2D eigenvalue weighted by Gasteiger charge is -2.20. The molecule has 1 amide bonds. The highest BCUT2D eigenvalue weighted by Crippen LogP contribution is 2.48. The van der Waals surface area contributed by atoms with E-state index in [-0.39, 0.29) is 11.8 Å². The summed E-state index contributed by atoms with van der Waals surface area (Å²) in [4.78, 5) is 12.2. The van der Waals surface area contributed by atoms with E-state index >= 15 is 0 Å². The Morgan fingerprint density at radius 3 is 2.56 bits per heavy atom. The van der Waals surface area contributed by atoms with Crippen molar-refractivity contribution in [3.63, 3.8) is 0 Å². The molecule has 2 bridgehead atoms. The van der Waals surface area contributed by atoms with E-state index in [1.165, 1.54) is 19.3 Å². The quantitative estimate of drug-likeness (QED) is 0.888. The van der Waals surface area contributed by atoms with Gasteiger partial charge in [0.05, 0.1) is 7.11 Å². The molecule has 2 saturated carbocycles. The number of methoxy groups -OCH3 is 1. The van der Waals surface area contributed by atoms with Crippen LogP contribution in [0.25, 0.3) is 0 Å². The summed E-state index contributed by atoms with van der Waals surface area (Å²) in [5, 5.41) is 3.03. The molecule has 3 rings (SSSR count). The fourth-order valence-electron chi connectivity index (χ4n) is 3.48. The second-order valence-corrected chi connectivity index (χ2v) is 5.50. The second kappa shape index (κ2) is 4.63. The predicted molar refractivity (Wildman–Crippen MR) is 70.6 cm³/mol. The van der Waals surface area contributed by atoms with Crippen molar-refractivity contribution in [3.8, 4) is 5.75 Å². The normalized spacial score (nSPS) is 29.3. The number of amides is 1. The summed E-state index contributed by atoms with van der Waals surface area (Å²) in [6, 6.07) is 7.53. The van der Waals surface area contributed by atoms with Gasteiger partial charge in [-0.1, -0.05) is 6.42 Å². The summed E-state index contributed by atoms with van der Waals surface area (Å²) in [6.07, 6.45) is 4.93. The molecule has 1 N–H and O–H groups in total. The molecule has 2 aliphatic carbocycles. The zero-order chi connectivity index (χ0) is 12.5. The number of carbonyl (C=O) groups excluding carboxylic acids is 1. The van der Waals surface area contributed by atoms with Gasteiger partial charge < -0.3 is 10.1 Å². The number of fused-ring (bicyclic) bond motifs is 2. The van der Waals surface area contributed by atoms with Gasteiger partial charge in [-0.15, -0.1) is 0 Å². The first kappa shape index (κ1) is 11.6. The molecule has 3 atom stereocenters. The van der Waals surface area contributed by atoms with Gasteiger partial charge in [0.2, 0.25) is 5.91 Å². The standard InChI is InChI=1S/C15H19NO2/c1-18-13-6-4-12(5-7-13)16-15(17)14-9-10-2-3-11(14)8-10/h4-7,10-11,14H,2-3,8-9H2,1H3,(H,16,17)/t10-,11-,14-/m1/s1. The number of benzene rings is 1. The molecule has 1 aromatic rings. The summed E-state index contributed by atoms with van der Waals surface area (Å²) in [5.41, 5.74) is 0.864. The van der Waals surface area contributed by atoms with Crippen LogP contribution in [0.15, 0.2) is 24.3 Å². The Labute approximate surface area is 108 Å². The first-order chi connectivity index (χ1) is 8.76. The van der Waals surface area contributed by atoms with Crippen LogP contribution in [-0.2, 0) is 4.79 Å². The molecule has 0 heterocycles. The lowest BCUT2D eigenvalue weighted by Crippen LogP contribution is -2.27. The largest absolute Gasteiger partial charge is 0.497 e. The van der Waals surface area contributed by atoms with Crippen molar-refractivity contribution in [1.82, 2.24) is 0 Å². The Bertz CT molecular complexity index is 440. The number of hydrogen-bond acceptors (Lipinski definition) is 2. The summed E-state index contributed by atoms with van der Waals surface area (Å²) in [5.74, 6) is 2.70. The van der Waals surface area contributed by atoms with Crippen molar-refractivity contribution in [2.45, 2.75) is 25.7 Å². The third-order valence-corrected chi connectivity index (χ3v) is 4.43. The van der Waals surface area contributed by atoms with Crippen LogP contribution in [0.2, 0.25) is 0 Å². The van der Waals surface area contributed by atoms with Crippen LogP contribution in [0.4, 0.5) is 5.69 Å². The van der Waals surface area contributed by atoms with Crippen molar-refractivity contribution >= 4 is 11.6 Å². The minimum absolute atomic E-state index is 0.201. The molecule has 0 aliphatic heterocycles. The number of carbonyl (C=O) groups is 1.